The highest BCUT2D eigenvalue weighted by molar-refractivity contribution is 7.90. The number of rotatable bonds is 4. The highest BCUT2D eigenvalue weighted by Crippen LogP contribution is 2.22. The second-order valence-electron chi connectivity index (χ2n) is 5.27. The van der Waals surface area contributed by atoms with E-state index in [4.69, 9.17) is 0 Å². The lowest BCUT2D eigenvalue weighted by Gasteiger charge is -2.10. The van der Waals surface area contributed by atoms with Gasteiger partial charge in [0, 0.05) is 23.7 Å². The molecule has 6 nitrogen and oxygen atoms in total. The third-order valence-corrected chi connectivity index (χ3v) is 4.62. The Hall–Kier alpha value is -2.93. The maximum Gasteiger partial charge on any atom is 0.256 e. The van der Waals surface area contributed by atoms with E-state index in [0.717, 1.165) is 17.5 Å². The van der Waals surface area contributed by atoms with Crippen LogP contribution in [0.15, 0.2) is 65.7 Å². The largest absolute Gasteiger partial charge is 0.322 e. The first-order chi connectivity index (χ1) is 11.4. The number of nitrogens with one attached hydrogen (secondary N) is 2. The van der Waals surface area contributed by atoms with Crippen LogP contribution in [0.2, 0.25) is 0 Å². The number of aromatic nitrogens is 2. The predicted molar refractivity (Wildman–Crippen MR) is 91.5 cm³/mol. The van der Waals surface area contributed by atoms with Crippen molar-refractivity contribution in [3.05, 3.63) is 66.4 Å². The van der Waals surface area contributed by atoms with Crippen LogP contribution in [0.3, 0.4) is 0 Å². The van der Waals surface area contributed by atoms with Gasteiger partial charge >= 0.3 is 0 Å². The molecule has 0 saturated heterocycles. The number of carbonyl (C=O) groups is 1. The van der Waals surface area contributed by atoms with Gasteiger partial charge in [-0.15, -0.1) is 0 Å². The lowest BCUT2D eigenvalue weighted by molar-refractivity contribution is 0.102. The van der Waals surface area contributed by atoms with Gasteiger partial charge in [0.25, 0.3) is 5.91 Å². The molecule has 1 heterocycles. The number of hydrogen-bond acceptors (Lipinski definition) is 4. The molecule has 2 N–H and O–H groups in total. The normalized spacial score (nSPS) is 11.2. The quantitative estimate of drug-likeness (QED) is 0.763. The van der Waals surface area contributed by atoms with Gasteiger partial charge < -0.3 is 5.32 Å². The SMILES string of the molecule is CS(=O)(=O)c1ccccc1C(=O)Nc1cccc(-c2ccn[nH]2)c1. The number of hydrogen-bond donors (Lipinski definition) is 2. The van der Waals surface area contributed by atoms with Gasteiger partial charge in [0.2, 0.25) is 0 Å². The van der Waals surface area contributed by atoms with Crippen molar-refractivity contribution in [1.29, 1.82) is 0 Å². The Morgan fingerprint density at radius 2 is 1.88 bits per heavy atom. The van der Waals surface area contributed by atoms with E-state index < -0.39 is 15.7 Å². The minimum atomic E-state index is -3.49. The first-order valence-corrected chi connectivity index (χ1v) is 9.04. The van der Waals surface area contributed by atoms with E-state index in [-0.39, 0.29) is 10.5 Å². The van der Waals surface area contributed by atoms with Gasteiger partial charge in [-0.1, -0.05) is 24.3 Å². The van der Waals surface area contributed by atoms with Crippen molar-refractivity contribution in [2.24, 2.45) is 0 Å². The van der Waals surface area contributed by atoms with Crippen molar-refractivity contribution in [1.82, 2.24) is 10.2 Å². The molecule has 3 rings (SSSR count). The van der Waals surface area contributed by atoms with E-state index in [9.17, 15) is 13.2 Å². The maximum absolute atomic E-state index is 12.5. The van der Waals surface area contributed by atoms with Gasteiger partial charge in [0.15, 0.2) is 9.84 Å². The number of anilines is 1. The van der Waals surface area contributed by atoms with Crippen LogP contribution in [0.4, 0.5) is 5.69 Å². The summed E-state index contributed by atoms with van der Waals surface area (Å²) in [6, 6.07) is 15.2. The molecular weight excluding hydrogens is 326 g/mol. The van der Waals surface area contributed by atoms with Gasteiger partial charge in [-0.05, 0) is 30.3 Å². The number of sulfone groups is 1. The Morgan fingerprint density at radius 3 is 2.58 bits per heavy atom. The maximum atomic E-state index is 12.5. The molecule has 0 aliphatic rings. The summed E-state index contributed by atoms with van der Waals surface area (Å²) in [4.78, 5) is 12.5. The Morgan fingerprint density at radius 1 is 1.08 bits per heavy atom. The number of amides is 1. The Balaban J connectivity index is 1.90. The molecule has 122 valence electrons. The van der Waals surface area contributed by atoms with Crippen molar-refractivity contribution < 1.29 is 13.2 Å². The minimum absolute atomic E-state index is 0.00669. The Kier molecular flexibility index (Phi) is 4.18. The third-order valence-electron chi connectivity index (χ3n) is 3.46. The molecule has 0 aliphatic carbocycles. The molecule has 0 radical (unpaired) electrons. The topological polar surface area (TPSA) is 91.9 Å². The zero-order valence-corrected chi connectivity index (χ0v) is 13.7. The summed E-state index contributed by atoms with van der Waals surface area (Å²) in [5.74, 6) is -0.474. The van der Waals surface area contributed by atoms with E-state index in [2.05, 4.69) is 15.5 Å². The van der Waals surface area contributed by atoms with Gasteiger partial charge in [-0.3, -0.25) is 9.89 Å². The fraction of sp³-hybridized carbons (Fsp3) is 0.0588. The standard InChI is InChI=1S/C17H15N3O3S/c1-24(22,23)16-8-3-2-7-14(16)17(21)19-13-6-4-5-12(11-13)15-9-10-18-20-15/h2-11H,1H3,(H,18,20)(H,19,21). The van der Waals surface area contributed by atoms with Crippen LogP contribution in [-0.2, 0) is 9.84 Å². The van der Waals surface area contributed by atoms with Gasteiger partial charge in [-0.25, -0.2) is 8.42 Å². The van der Waals surface area contributed by atoms with Crippen LogP contribution in [0.25, 0.3) is 11.3 Å². The molecule has 0 saturated carbocycles. The van der Waals surface area contributed by atoms with E-state index >= 15 is 0 Å². The van der Waals surface area contributed by atoms with Crippen LogP contribution in [0, 0.1) is 0 Å². The summed E-state index contributed by atoms with van der Waals surface area (Å²) in [5.41, 5.74) is 2.37. The fourth-order valence-electron chi connectivity index (χ4n) is 2.36. The zero-order chi connectivity index (χ0) is 17.2. The molecular formula is C17H15N3O3S. The minimum Gasteiger partial charge on any atom is -0.322 e. The first kappa shape index (κ1) is 15.9. The summed E-state index contributed by atoms with van der Waals surface area (Å²) in [6.07, 6.45) is 2.72. The molecule has 2 aromatic carbocycles. The van der Waals surface area contributed by atoms with Crippen molar-refractivity contribution in [2.75, 3.05) is 11.6 Å². The number of nitrogens with zero attached hydrogens (tertiary/aromatic N) is 1. The lowest BCUT2D eigenvalue weighted by Crippen LogP contribution is -2.16. The van der Waals surface area contributed by atoms with Crippen molar-refractivity contribution >= 4 is 21.4 Å². The van der Waals surface area contributed by atoms with Gasteiger partial charge in [-0.2, -0.15) is 5.10 Å². The van der Waals surface area contributed by atoms with Crippen molar-refractivity contribution in [3.63, 3.8) is 0 Å². The summed E-state index contributed by atoms with van der Waals surface area (Å²) < 4.78 is 23.7. The molecule has 1 aromatic heterocycles. The molecule has 0 aliphatic heterocycles. The van der Waals surface area contributed by atoms with Crippen LogP contribution in [0.5, 0.6) is 0 Å². The van der Waals surface area contributed by atoms with E-state index in [1.54, 1.807) is 36.5 Å². The molecule has 7 heteroatoms. The lowest BCUT2D eigenvalue weighted by atomic mass is 10.1. The van der Waals surface area contributed by atoms with Crippen LogP contribution >= 0.6 is 0 Å². The van der Waals surface area contributed by atoms with E-state index in [0.29, 0.717) is 5.69 Å². The smallest absolute Gasteiger partial charge is 0.256 e. The number of carbonyl (C=O) groups excluding carboxylic acids is 1. The molecule has 0 atom stereocenters. The van der Waals surface area contributed by atoms with Crippen LogP contribution in [-0.4, -0.2) is 30.8 Å². The third kappa shape index (κ3) is 3.36. The second kappa shape index (κ2) is 6.29. The number of benzene rings is 2. The average Bonchev–Trinajstić information content (AvgIpc) is 3.09. The first-order valence-electron chi connectivity index (χ1n) is 7.15. The van der Waals surface area contributed by atoms with Crippen LogP contribution in [0.1, 0.15) is 10.4 Å². The van der Waals surface area contributed by atoms with Crippen LogP contribution < -0.4 is 5.32 Å². The molecule has 24 heavy (non-hydrogen) atoms. The zero-order valence-electron chi connectivity index (χ0n) is 12.9. The summed E-state index contributed by atoms with van der Waals surface area (Å²) in [5, 5.41) is 9.48. The second-order valence-corrected chi connectivity index (χ2v) is 7.26. The molecule has 0 unspecified atom stereocenters. The molecule has 0 fully saturated rings. The summed E-state index contributed by atoms with van der Waals surface area (Å²) in [7, 11) is -3.49. The summed E-state index contributed by atoms with van der Waals surface area (Å²) in [6.45, 7) is 0. The monoisotopic (exact) mass is 341 g/mol. The molecule has 0 spiro atoms. The van der Waals surface area contributed by atoms with Crippen molar-refractivity contribution in [2.45, 2.75) is 4.90 Å². The predicted octanol–water partition coefficient (Wildman–Crippen LogP) is 2.73. The van der Waals surface area contributed by atoms with E-state index in [1.807, 2.05) is 12.1 Å². The number of aromatic amines is 1. The number of H-pyrrole nitrogens is 1. The highest BCUT2D eigenvalue weighted by atomic mass is 32.2. The molecule has 0 bridgehead atoms. The molecule has 1 amide bonds. The molecule has 3 aromatic rings. The van der Waals surface area contributed by atoms with Crippen molar-refractivity contribution in [3.8, 4) is 11.3 Å². The summed E-state index contributed by atoms with van der Waals surface area (Å²) >= 11 is 0. The van der Waals surface area contributed by atoms with Gasteiger partial charge in [0.1, 0.15) is 0 Å². The van der Waals surface area contributed by atoms with Gasteiger partial charge in [0.05, 0.1) is 16.2 Å². The highest BCUT2D eigenvalue weighted by Gasteiger charge is 2.18. The Bertz CT molecular complexity index is 980. The Labute approximate surface area is 139 Å². The fourth-order valence-corrected chi connectivity index (χ4v) is 3.24. The average molecular weight is 341 g/mol. The van der Waals surface area contributed by atoms with E-state index in [1.165, 1.54) is 12.1 Å².